The maximum Gasteiger partial charge on any atom is 0.252 e. The Morgan fingerprint density at radius 1 is 1.00 bits per heavy atom. The third-order valence-electron chi connectivity index (χ3n) is 5.29. The van der Waals surface area contributed by atoms with E-state index in [1.54, 1.807) is 0 Å². The lowest BCUT2D eigenvalue weighted by Crippen LogP contribution is -2.36. The second-order valence-corrected chi connectivity index (χ2v) is 7.35. The summed E-state index contributed by atoms with van der Waals surface area (Å²) in [6.45, 7) is 5.60. The summed E-state index contributed by atoms with van der Waals surface area (Å²) in [6.07, 6.45) is 0.190. The molecule has 2 aromatic rings. The molecule has 0 spiro atoms. The number of likely N-dealkylation sites (tertiary alicyclic amines) is 1. The molecule has 0 aromatic heterocycles. The third-order valence-corrected chi connectivity index (χ3v) is 5.29. The lowest BCUT2D eigenvalue weighted by molar-refractivity contribution is -0.139. The summed E-state index contributed by atoms with van der Waals surface area (Å²) in [5.74, 6) is -0.296. The molecule has 0 bridgehead atoms. The predicted octanol–water partition coefficient (Wildman–Crippen LogP) is 2.57. The number of aryl methyl sites for hydroxylation is 1. The quantitative estimate of drug-likeness (QED) is 0.809. The molecule has 0 unspecified atom stereocenters. The van der Waals surface area contributed by atoms with Gasteiger partial charge in [-0.3, -0.25) is 14.5 Å². The van der Waals surface area contributed by atoms with E-state index < -0.39 is 6.04 Å². The van der Waals surface area contributed by atoms with Gasteiger partial charge in [0.15, 0.2) is 0 Å². The van der Waals surface area contributed by atoms with Crippen LogP contribution in [0.25, 0.3) is 0 Å². The molecule has 28 heavy (non-hydrogen) atoms. The largest absolute Gasteiger partial charge is 0.378 e. The Morgan fingerprint density at radius 3 is 2.36 bits per heavy atom. The number of hydrogen-bond acceptors (Lipinski definition) is 5. The Bertz CT molecular complexity index is 842. The van der Waals surface area contributed by atoms with Crippen molar-refractivity contribution in [3.8, 4) is 0 Å². The van der Waals surface area contributed by atoms with E-state index in [9.17, 15) is 9.59 Å². The number of nitrogens with one attached hydrogen (secondary N) is 1. The molecule has 2 heterocycles. The minimum Gasteiger partial charge on any atom is -0.378 e. The number of ether oxygens (including phenoxy) is 1. The van der Waals surface area contributed by atoms with E-state index >= 15 is 0 Å². The van der Waals surface area contributed by atoms with E-state index in [2.05, 4.69) is 10.2 Å². The summed E-state index contributed by atoms with van der Waals surface area (Å²) in [5, 5.41) is 3.22. The predicted molar refractivity (Wildman–Crippen MR) is 108 cm³/mol. The zero-order chi connectivity index (χ0) is 19.5. The van der Waals surface area contributed by atoms with Gasteiger partial charge >= 0.3 is 0 Å². The van der Waals surface area contributed by atoms with Crippen LogP contribution >= 0.6 is 0 Å². The van der Waals surface area contributed by atoms with Gasteiger partial charge in [0.25, 0.3) is 5.91 Å². The minimum atomic E-state index is -0.507. The number of amides is 2. The SMILES string of the molecule is Cc1ccc(CN2C(=O)C[C@@H](Nc3ccc(N4CCOCC4)cc3)C2=O)cc1. The molecule has 2 aliphatic rings. The molecule has 146 valence electrons. The molecule has 4 rings (SSSR count). The van der Waals surface area contributed by atoms with Gasteiger partial charge in [-0.05, 0) is 36.8 Å². The highest BCUT2D eigenvalue weighted by molar-refractivity contribution is 6.06. The van der Waals surface area contributed by atoms with Crippen molar-refractivity contribution in [3.05, 3.63) is 59.7 Å². The first-order valence-electron chi connectivity index (χ1n) is 9.69. The van der Waals surface area contributed by atoms with Crippen LogP contribution in [0.1, 0.15) is 17.5 Å². The molecule has 1 N–H and O–H groups in total. The van der Waals surface area contributed by atoms with E-state index in [-0.39, 0.29) is 18.2 Å². The van der Waals surface area contributed by atoms with Crippen molar-refractivity contribution in [2.24, 2.45) is 0 Å². The van der Waals surface area contributed by atoms with Gasteiger partial charge < -0.3 is 15.0 Å². The first-order valence-corrected chi connectivity index (χ1v) is 9.69. The van der Waals surface area contributed by atoms with E-state index in [1.165, 1.54) is 4.90 Å². The van der Waals surface area contributed by atoms with Crippen LogP contribution < -0.4 is 10.2 Å². The van der Waals surface area contributed by atoms with Crippen molar-refractivity contribution in [1.29, 1.82) is 0 Å². The molecular weight excluding hydrogens is 354 g/mol. The van der Waals surface area contributed by atoms with Gasteiger partial charge in [-0.1, -0.05) is 29.8 Å². The van der Waals surface area contributed by atoms with Crippen LogP contribution in [0.2, 0.25) is 0 Å². The van der Waals surface area contributed by atoms with Crippen molar-refractivity contribution < 1.29 is 14.3 Å². The molecule has 6 heteroatoms. The Morgan fingerprint density at radius 2 is 1.68 bits per heavy atom. The van der Waals surface area contributed by atoms with Crippen LogP contribution in [-0.4, -0.2) is 49.1 Å². The van der Waals surface area contributed by atoms with Crippen LogP contribution in [-0.2, 0) is 20.9 Å². The second-order valence-electron chi connectivity index (χ2n) is 7.35. The van der Waals surface area contributed by atoms with Gasteiger partial charge in [-0.15, -0.1) is 0 Å². The number of carbonyl (C=O) groups is 2. The fourth-order valence-electron chi connectivity index (χ4n) is 3.63. The molecule has 0 radical (unpaired) electrons. The number of morpholine rings is 1. The zero-order valence-electron chi connectivity index (χ0n) is 16.1. The second kappa shape index (κ2) is 8.02. The van der Waals surface area contributed by atoms with Crippen molar-refractivity contribution >= 4 is 23.2 Å². The fourth-order valence-corrected chi connectivity index (χ4v) is 3.63. The molecule has 0 saturated carbocycles. The summed E-state index contributed by atoms with van der Waals surface area (Å²) in [5.41, 5.74) is 4.11. The lowest BCUT2D eigenvalue weighted by atomic mass is 10.1. The van der Waals surface area contributed by atoms with Crippen LogP contribution in [0.3, 0.4) is 0 Å². The molecule has 2 saturated heterocycles. The summed E-state index contributed by atoms with van der Waals surface area (Å²) in [6, 6.07) is 15.4. The van der Waals surface area contributed by atoms with E-state index in [4.69, 9.17) is 4.74 Å². The van der Waals surface area contributed by atoms with Crippen LogP contribution in [0, 0.1) is 6.92 Å². The molecule has 2 fully saturated rings. The molecule has 2 amide bonds. The van der Waals surface area contributed by atoms with Crippen molar-refractivity contribution in [1.82, 2.24) is 4.90 Å². The number of anilines is 2. The Labute approximate surface area is 165 Å². The average molecular weight is 379 g/mol. The highest BCUT2D eigenvalue weighted by Crippen LogP contribution is 2.23. The Kier molecular flexibility index (Phi) is 5.30. The zero-order valence-corrected chi connectivity index (χ0v) is 16.1. The number of carbonyl (C=O) groups excluding carboxylic acids is 2. The molecular formula is C22H25N3O3. The van der Waals surface area contributed by atoms with Gasteiger partial charge in [0, 0.05) is 24.5 Å². The van der Waals surface area contributed by atoms with Crippen LogP contribution in [0.4, 0.5) is 11.4 Å². The van der Waals surface area contributed by atoms with Gasteiger partial charge in [0.1, 0.15) is 6.04 Å². The van der Waals surface area contributed by atoms with Gasteiger partial charge in [0.2, 0.25) is 5.91 Å². The normalized spacial score (nSPS) is 20.0. The summed E-state index contributed by atoms with van der Waals surface area (Å²) in [7, 11) is 0. The van der Waals surface area contributed by atoms with Crippen molar-refractivity contribution in [3.63, 3.8) is 0 Å². The van der Waals surface area contributed by atoms with Crippen molar-refractivity contribution in [2.45, 2.75) is 25.9 Å². The molecule has 2 aliphatic heterocycles. The fraction of sp³-hybridized carbons (Fsp3) is 0.364. The van der Waals surface area contributed by atoms with E-state index in [1.807, 2.05) is 55.5 Å². The summed E-state index contributed by atoms with van der Waals surface area (Å²) < 4.78 is 5.39. The van der Waals surface area contributed by atoms with Crippen LogP contribution in [0.15, 0.2) is 48.5 Å². The minimum absolute atomic E-state index is 0.131. The Balaban J connectivity index is 1.39. The number of nitrogens with zero attached hydrogens (tertiary/aromatic N) is 2. The lowest BCUT2D eigenvalue weighted by Gasteiger charge is -2.29. The van der Waals surface area contributed by atoms with E-state index in [0.29, 0.717) is 6.54 Å². The van der Waals surface area contributed by atoms with Crippen LogP contribution in [0.5, 0.6) is 0 Å². The topological polar surface area (TPSA) is 61.9 Å². The number of rotatable bonds is 5. The summed E-state index contributed by atoms with van der Waals surface area (Å²) in [4.78, 5) is 28.7. The van der Waals surface area contributed by atoms with Gasteiger partial charge in [-0.25, -0.2) is 0 Å². The monoisotopic (exact) mass is 379 g/mol. The maximum absolute atomic E-state index is 12.7. The number of hydrogen-bond donors (Lipinski definition) is 1. The average Bonchev–Trinajstić information content (AvgIpc) is 2.98. The summed E-state index contributed by atoms with van der Waals surface area (Å²) >= 11 is 0. The molecule has 6 nitrogen and oxygen atoms in total. The maximum atomic E-state index is 12.7. The highest BCUT2D eigenvalue weighted by Gasteiger charge is 2.38. The number of benzene rings is 2. The Hall–Kier alpha value is -2.86. The molecule has 0 aliphatic carbocycles. The smallest absolute Gasteiger partial charge is 0.252 e. The van der Waals surface area contributed by atoms with Gasteiger partial charge in [-0.2, -0.15) is 0 Å². The number of imide groups is 1. The standard InChI is InChI=1S/C22H25N3O3/c1-16-2-4-17(5-3-16)15-25-21(26)14-20(22(25)27)23-18-6-8-19(9-7-18)24-10-12-28-13-11-24/h2-9,20,23H,10-15H2,1H3/t20-/m1/s1. The molecule has 2 aromatic carbocycles. The third kappa shape index (κ3) is 4.02. The van der Waals surface area contributed by atoms with Gasteiger partial charge in [0.05, 0.1) is 26.2 Å². The van der Waals surface area contributed by atoms with Crippen molar-refractivity contribution in [2.75, 3.05) is 36.5 Å². The van der Waals surface area contributed by atoms with E-state index in [0.717, 1.165) is 48.8 Å². The molecule has 1 atom stereocenters. The highest BCUT2D eigenvalue weighted by atomic mass is 16.5. The first kappa shape index (κ1) is 18.5. The first-order chi connectivity index (χ1) is 13.6.